The molecule has 26 heavy (non-hydrogen) atoms. The van der Waals surface area contributed by atoms with E-state index in [1.54, 1.807) is 31.1 Å². The number of fused-ring (bicyclic) bond motifs is 1. The molecule has 0 unspecified atom stereocenters. The summed E-state index contributed by atoms with van der Waals surface area (Å²) in [5.74, 6) is -0.154. The van der Waals surface area contributed by atoms with Crippen LogP contribution in [0, 0.1) is 5.82 Å². The highest BCUT2D eigenvalue weighted by molar-refractivity contribution is 5.78. The quantitative estimate of drug-likeness (QED) is 0.900. The molecule has 0 saturated carbocycles. The second-order valence-corrected chi connectivity index (χ2v) is 7.96. The van der Waals surface area contributed by atoms with Crippen LogP contribution in [-0.4, -0.2) is 53.8 Å². The van der Waals surface area contributed by atoms with Crippen molar-refractivity contribution in [1.82, 2.24) is 15.1 Å². The average molecular weight is 361 g/mol. The number of hydrogen-bond acceptors (Lipinski definition) is 3. The van der Waals surface area contributed by atoms with Crippen molar-refractivity contribution in [2.45, 2.75) is 56.7 Å². The molecular formula is C20H28FN3O2. The van der Waals surface area contributed by atoms with Gasteiger partial charge in [0.05, 0.1) is 12.1 Å². The van der Waals surface area contributed by atoms with Gasteiger partial charge in [0.25, 0.3) is 0 Å². The molecule has 5 nitrogen and oxygen atoms in total. The summed E-state index contributed by atoms with van der Waals surface area (Å²) in [4.78, 5) is 28.5. The van der Waals surface area contributed by atoms with Gasteiger partial charge in [0.15, 0.2) is 0 Å². The summed E-state index contributed by atoms with van der Waals surface area (Å²) in [6.07, 6.45) is 4.05. The lowest BCUT2D eigenvalue weighted by molar-refractivity contribution is -0.130. The first-order chi connectivity index (χ1) is 12.3. The van der Waals surface area contributed by atoms with E-state index in [4.69, 9.17) is 0 Å². The first kappa shape index (κ1) is 18.8. The summed E-state index contributed by atoms with van der Waals surface area (Å²) in [5, 5.41) is 3.22. The van der Waals surface area contributed by atoms with Gasteiger partial charge in [-0.05, 0) is 43.9 Å². The molecule has 2 aliphatic heterocycles. The first-order valence-corrected chi connectivity index (χ1v) is 9.32. The number of likely N-dealkylation sites (N-methyl/N-ethyl adjacent to an activating group) is 1. The van der Waals surface area contributed by atoms with E-state index in [0.717, 1.165) is 31.2 Å². The van der Waals surface area contributed by atoms with Crippen LogP contribution in [0.25, 0.3) is 0 Å². The van der Waals surface area contributed by atoms with Crippen molar-refractivity contribution in [3.05, 3.63) is 35.6 Å². The Hall–Kier alpha value is -1.95. The zero-order chi connectivity index (χ0) is 18.9. The zero-order valence-corrected chi connectivity index (χ0v) is 15.8. The van der Waals surface area contributed by atoms with E-state index in [-0.39, 0.29) is 35.3 Å². The second-order valence-electron chi connectivity index (χ2n) is 7.96. The minimum absolute atomic E-state index is 0.0205. The van der Waals surface area contributed by atoms with Crippen LogP contribution >= 0.6 is 0 Å². The highest BCUT2D eigenvalue weighted by Crippen LogP contribution is 2.44. The molecule has 2 fully saturated rings. The predicted octanol–water partition coefficient (Wildman–Crippen LogP) is 2.48. The van der Waals surface area contributed by atoms with E-state index < -0.39 is 0 Å². The molecule has 2 amide bonds. The Balaban J connectivity index is 1.96. The number of likely N-dealkylation sites (tertiary alicyclic amines) is 1. The van der Waals surface area contributed by atoms with Crippen LogP contribution in [0.4, 0.5) is 4.39 Å². The maximum atomic E-state index is 13.4. The van der Waals surface area contributed by atoms with Gasteiger partial charge in [-0.1, -0.05) is 18.6 Å². The number of nitrogens with one attached hydrogen (secondary N) is 1. The van der Waals surface area contributed by atoms with Gasteiger partial charge in [0.1, 0.15) is 5.82 Å². The van der Waals surface area contributed by atoms with Crippen LogP contribution < -0.4 is 5.32 Å². The number of carbonyl (C=O) groups excluding carboxylic acids is 2. The molecule has 2 aliphatic rings. The highest BCUT2D eigenvalue weighted by Gasteiger charge is 2.50. The molecule has 142 valence electrons. The summed E-state index contributed by atoms with van der Waals surface area (Å²) in [6, 6.07) is 6.57. The molecule has 0 bridgehead atoms. The number of halogens is 1. The highest BCUT2D eigenvalue weighted by atomic mass is 19.1. The van der Waals surface area contributed by atoms with Crippen LogP contribution in [0.1, 0.15) is 50.6 Å². The molecule has 0 radical (unpaired) electrons. The van der Waals surface area contributed by atoms with Crippen molar-refractivity contribution in [3.63, 3.8) is 0 Å². The average Bonchev–Trinajstić information content (AvgIpc) is 2.82. The van der Waals surface area contributed by atoms with Gasteiger partial charge < -0.3 is 10.2 Å². The van der Waals surface area contributed by atoms with Gasteiger partial charge in [0.2, 0.25) is 11.8 Å². The fourth-order valence-electron chi connectivity index (χ4n) is 4.37. The van der Waals surface area contributed by atoms with E-state index in [1.807, 2.05) is 0 Å². The molecule has 0 aliphatic carbocycles. The lowest BCUT2D eigenvalue weighted by atomic mass is 9.85. The third kappa shape index (κ3) is 3.75. The van der Waals surface area contributed by atoms with Crippen molar-refractivity contribution in [2.75, 3.05) is 20.6 Å². The number of hydrogen-bond donors (Lipinski definition) is 1. The Kier molecular flexibility index (Phi) is 5.32. The van der Waals surface area contributed by atoms with E-state index in [0.29, 0.717) is 13.0 Å². The Morgan fingerprint density at radius 2 is 2.00 bits per heavy atom. The van der Waals surface area contributed by atoms with Crippen molar-refractivity contribution in [3.8, 4) is 0 Å². The largest absolute Gasteiger partial charge is 0.349 e. The van der Waals surface area contributed by atoms with Crippen molar-refractivity contribution in [1.29, 1.82) is 0 Å². The van der Waals surface area contributed by atoms with Crippen LogP contribution in [0.3, 0.4) is 0 Å². The van der Waals surface area contributed by atoms with Gasteiger partial charge in [-0.25, -0.2) is 4.39 Å². The molecular weight excluding hydrogens is 333 g/mol. The molecule has 0 spiro atoms. The van der Waals surface area contributed by atoms with Crippen molar-refractivity contribution < 1.29 is 14.0 Å². The number of benzene rings is 1. The van der Waals surface area contributed by atoms with E-state index in [1.165, 1.54) is 12.1 Å². The lowest BCUT2D eigenvalue weighted by Gasteiger charge is -2.38. The molecule has 6 heteroatoms. The molecule has 3 rings (SSSR count). The molecule has 2 heterocycles. The topological polar surface area (TPSA) is 52.7 Å². The lowest BCUT2D eigenvalue weighted by Crippen LogP contribution is -2.56. The molecule has 3 atom stereocenters. The number of rotatable bonds is 3. The van der Waals surface area contributed by atoms with Gasteiger partial charge in [-0.2, -0.15) is 0 Å². The van der Waals surface area contributed by atoms with Gasteiger partial charge in [0, 0.05) is 32.6 Å². The smallest absolute Gasteiger partial charge is 0.236 e. The number of nitrogens with zero attached hydrogens (tertiary/aromatic N) is 2. The Labute approximate surface area is 154 Å². The maximum absolute atomic E-state index is 13.4. The SMILES string of the molecule is CN(C)C(=O)CN1[C@H]2CCCCC(=O)N[C@@]2(C)C[C@H]1c1ccc(F)cc1. The number of carbonyl (C=O) groups is 2. The minimum Gasteiger partial charge on any atom is -0.349 e. The van der Waals surface area contributed by atoms with Gasteiger partial charge in [-0.3, -0.25) is 14.5 Å². The summed E-state index contributed by atoms with van der Waals surface area (Å²) in [5.41, 5.74) is 0.601. The minimum atomic E-state index is -0.386. The fraction of sp³-hybridized carbons (Fsp3) is 0.600. The first-order valence-electron chi connectivity index (χ1n) is 9.32. The standard InChI is InChI=1S/C20H28FN3O2/c1-20-12-16(14-8-10-15(21)11-9-14)24(13-19(26)23(2)3)17(20)6-4-5-7-18(25)22-20/h8-11,16-17H,4-7,12-13H2,1-3H3,(H,22,25)/t16-,17-,20-/m0/s1. The van der Waals surface area contributed by atoms with Crippen molar-refractivity contribution >= 4 is 11.8 Å². The van der Waals surface area contributed by atoms with E-state index >= 15 is 0 Å². The van der Waals surface area contributed by atoms with E-state index in [9.17, 15) is 14.0 Å². The third-order valence-electron chi connectivity index (χ3n) is 5.78. The summed E-state index contributed by atoms with van der Waals surface area (Å²) in [7, 11) is 3.51. The number of amides is 2. The fourth-order valence-corrected chi connectivity index (χ4v) is 4.37. The Bertz CT molecular complexity index is 676. The predicted molar refractivity (Wildman–Crippen MR) is 98.0 cm³/mol. The van der Waals surface area contributed by atoms with Crippen LogP contribution in [0.5, 0.6) is 0 Å². The second kappa shape index (κ2) is 7.35. The Morgan fingerprint density at radius 3 is 2.65 bits per heavy atom. The molecule has 1 aromatic rings. The monoisotopic (exact) mass is 361 g/mol. The van der Waals surface area contributed by atoms with Gasteiger partial charge >= 0.3 is 0 Å². The summed E-state index contributed by atoms with van der Waals surface area (Å²) >= 11 is 0. The van der Waals surface area contributed by atoms with Gasteiger partial charge in [-0.15, -0.1) is 0 Å². The summed E-state index contributed by atoms with van der Waals surface area (Å²) in [6.45, 7) is 2.38. The maximum Gasteiger partial charge on any atom is 0.236 e. The molecule has 0 aromatic heterocycles. The summed E-state index contributed by atoms with van der Waals surface area (Å²) < 4.78 is 13.4. The van der Waals surface area contributed by atoms with Crippen LogP contribution in [0.15, 0.2) is 24.3 Å². The Morgan fingerprint density at radius 1 is 1.31 bits per heavy atom. The zero-order valence-electron chi connectivity index (χ0n) is 15.8. The molecule has 1 N–H and O–H groups in total. The normalized spacial score (nSPS) is 29.5. The van der Waals surface area contributed by atoms with Crippen molar-refractivity contribution in [2.24, 2.45) is 0 Å². The van der Waals surface area contributed by atoms with Crippen LogP contribution in [-0.2, 0) is 9.59 Å². The molecule has 1 aromatic carbocycles. The third-order valence-corrected chi connectivity index (χ3v) is 5.78. The molecule has 2 saturated heterocycles. The van der Waals surface area contributed by atoms with E-state index in [2.05, 4.69) is 17.1 Å². The van der Waals surface area contributed by atoms with Crippen LogP contribution in [0.2, 0.25) is 0 Å².